The summed E-state index contributed by atoms with van der Waals surface area (Å²) >= 11 is 1.30. The van der Waals surface area contributed by atoms with E-state index in [1.807, 2.05) is 0 Å². The number of anilines is 1. The zero-order valence-electron chi connectivity index (χ0n) is 11.5. The number of nitrogens with one attached hydrogen (secondary N) is 1. The molecule has 1 heterocycles. The number of carbonyl (C=O) groups is 1. The van der Waals surface area contributed by atoms with Gasteiger partial charge < -0.3 is 9.47 Å². The summed E-state index contributed by atoms with van der Waals surface area (Å²) in [6.45, 7) is -2.93. The van der Waals surface area contributed by atoms with Gasteiger partial charge in [0.05, 0.1) is 7.11 Å². The zero-order valence-corrected chi connectivity index (χ0v) is 12.3. The first-order valence-corrected chi connectivity index (χ1v) is 6.98. The van der Waals surface area contributed by atoms with Gasteiger partial charge in [-0.1, -0.05) is 6.07 Å². The van der Waals surface area contributed by atoms with Crippen molar-refractivity contribution in [2.24, 2.45) is 0 Å². The van der Waals surface area contributed by atoms with Crippen molar-refractivity contribution in [1.82, 2.24) is 4.98 Å². The van der Waals surface area contributed by atoms with Crippen LogP contribution in [0.4, 0.5) is 13.9 Å². The molecular formula is C14H12F2N2O3S. The molecule has 5 nitrogen and oxygen atoms in total. The third-order valence-corrected chi connectivity index (χ3v) is 3.18. The number of halogens is 2. The Balaban J connectivity index is 2.05. The number of nitrogens with zero attached hydrogens (tertiary/aromatic N) is 1. The van der Waals surface area contributed by atoms with Crippen molar-refractivity contribution in [3.8, 4) is 11.5 Å². The summed E-state index contributed by atoms with van der Waals surface area (Å²) in [5.74, 6) is -0.258. The number of rotatable bonds is 6. The van der Waals surface area contributed by atoms with E-state index in [1.54, 1.807) is 11.6 Å². The fourth-order valence-corrected chi connectivity index (χ4v) is 2.12. The zero-order chi connectivity index (χ0) is 15.9. The maximum absolute atomic E-state index is 12.2. The molecule has 0 unspecified atom stereocenters. The summed E-state index contributed by atoms with van der Waals surface area (Å²) in [5, 5.41) is 4.82. The van der Waals surface area contributed by atoms with Gasteiger partial charge in [0.1, 0.15) is 0 Å². The fraction of sp³-hybridized carbons (Fsp3) is 0.143. The van der Waals surface area contributed by atoms with Gasteiger partial charge in [-0.25, -0.2) is 4.98 Å². The Labute approximate surface area is 129 Å². The summed E-state index contributed by atoms with van der Waals surface area (Å²) in [7, 11) is 1.34. The highest BCUT2D eigenvalue weighted by atomic mass is 32.1. The van der Waals surface area contributed by atoms with Crippen molar-refractivity contribution in [1.29, 1.82) is 0 Å². The number of thiazole rings is 1. The first kappa shape index (κ1) is 15.9. The van der Waals surface area contributed by atoms with E-state index in [9.17, 15) is 13.6 Å². The molecule has 0 spiro atoms. The molecule has 1 amide bonds. The highest BCUT2D eigenvalue weighted by Gasteiger charge is 2.10. The van der Waals surface area contributed by atoms with Gasteiger partial charge in [0.15, 0.2) is 16.6 Å². The lowest BCUT2D eigenvalue weighted by Crippen LogP contribution is -2.07. The molecule has 2 rings (SSSR count). The van der Waals surface area contributed by atoms with Crippen LogP contribution in [0, 0.1) is 0 Å². The molecule has 8 heteroatoms. The van der Waals surface area contributed by atoms with Crippen molar-refractivity contribution in [3.63, 3.8) is 0 Å². The van der Waals surface area contributed by atoms with E-state index in [2.05, 4.69) is 15.0 Å². The van der Waals surface area contributed by atoms with Gasteiger partial charge in [0, 0.05) is 17.7 Å². The van der Waals surface area contributed by atoms with Crippen molar-refractivity contribution >= 4 is 28.5 Å². The molecule has 0 saturated carbocycles. The van der Waals surface area contributed by atoms with Crippen LogP contribution in [0.5, 0.6) is 11.5 Å². The highest BCUT2D eigenvalue weighted by Crippen LogP contribution is 2.29. The molecule has 0 atom stereocenters. The van der Waals surface area contributed by atoms with Crippen LogP contribution < -0.4 is 14.8 Å². The van der Waals surface area contributed by atoms with Crippen molar-refractivity contribution < 1.29 is 23.0 Å². The van der Waals surface area contributed by atoms with Gasteiger partial charge >= 0.3 is 6.61 Å². The summed E-state index contributed by atoms with van der Waals surface area (Å²) < 4.78 is 33.7. The minimum absolute atomic E-state index is 0.0677. The Morgan fingerprint density at radius 3 is 2.86 bits per heavy atom. The number of methoxy groups -OCH3 is 1. The molecule has 0 aliphatic rings. The number of aromatic nitrogens is 1. The lowest BCUT2D eigenvalue weighted by atomic mass is 10.2. The van der Waals surface area contributed by atoms with Crippen LogP contribution in [0.25, 0.3) is 6.08 Å². The van der Waals surface area contributed by atoms with E-state index in [-0.39, 0.29) is 17.4 Å². The second kappa shape index (κ2) is 7.51. The van der Waals surface area contributed by atoms with Gasteiger partial charge in [-0.2, -0.15) is 8.78 Å². The number of amides is 1. The third-order valence-electron chi connectivity index (χ3n) is 2.49. The van der Waals surface area contributed by atoms with E-state index in [4.69, 9.17) is 4.74 Å². The van der Waals surface area contributed by atoms with Gasteiger partial charge in [0.2, 0.25) is 5.91 Å². The van der Waals surface area contributed by atoms with Gasteiger partial charge in [-0.15, -0.1) is 11.3 Å². The molecule has 1 aromatic heterocycles. The Hall–Kier alpha value is -2.48. The topological polar surface area (TPSA) is 60.5 Å². The second-order valence-electron chi connectivity index (χ2n) is 3.95. The summed E-state index contributed by atoms with van der Waals surface area (Å²) in [6.07, 6.45) is 4.41. The number of benzene rings is 1. The average molecular weight is 326 g/mol. The van der Waals surface area contributed by atoms with Crippen LogP contribution in [0.15, 0.2) is 35.9 Å². The SMILES string of the molecule is COc1cc(C=CC(=O)Nc2nccs2)ccc1OC(F)F. The molecule has 0 fully saturated rings. The molecule has 2 aromatic rings. The van der Waals surface area contributed by atoms with Crippen LogP contribution in [0.1, 0.15) is 5.56 Å². The normalized spacial score (nSPS) is 10.9. The molecular weight excluding hydrogens is 314 g/mol. The van der Waals surface area contributed by atoms with Crippen molar-refractivity contribution in [2.45, 2.75) is 6.61 Å². The van der Waals surface area contributed by atoms with E-state index < -0.39 is 6.61 Å². The van der Waals surface area contributed by atoms with Crippen LogP contribution in [0.2, 0.25) is 0 Å². The van der Waals surface area contributed by atoms with E-state index in [1.165, 1.54) is 48.8 Å². The van der Waals surface area contributed by atoms with Crippen LogP contribution in [-0.4, -0.2) is 24.6 Å². The van der Waals surface area contributed by atoms with Crippen LogP contribution >= 0.6 is 11.3 Å². The quantitative estimate of drug-likeness (QED) is 0.827. The van der Waals surface area contributed by atoms with Crippen LogP contribution in [-0.2, 0) is 4.79 Å². The largest absolute Gasteiger partial charge is 0.493 e. The van der Waals surface area contributed by atoms with Crippen molar-refractivity contribution in [3.05, 3.63) is 41.4 Å². The molecule has 0 aliphatic carbocycles. The Bertz CT molecular complexity index is 660. The van der Waals surface area contributed by atoms with Crippen LogP contribution in [0.3, 0.4) is 0 Å². The molecule has 1 aromatic carbocycles. The average Bonchev–Trinajstić information content (AvgIpc) is 2.98. The number of carbonyl (C=O) groups excluding carboxylic acids is 1. The van der Waals surface area contributed by atoms with Crippen molar-refractivity contribution in [2.75, 3.05) is 12.4 Å². The van der Waals surface area contributed by atoms with E-state index >= 15 is 0 Å². The third kappa shape index (κ3) is 4.52. The number of hydrogen-bond acceptors (Lipinski definition) is 5. The molecule has 0 bridgehead atoms. The predicted octanol–water partition coefficient (Wildman–Crippen LogP) is 3.41. The first-order chi connectivity index (χ1) is 10.6. The Morgan fingerprint density at radius 1 is 1.41 bits per heavy atom. The predicted molar refractivity (Wildman–Crippen MR) is 79.4 cm³/mol. The number of hydrogen-bond donors (Lipinski definition) is 1. The molecule has 116 valence electrons. The van der Waals surface area contributed by atoms with Gasteiger partial charge in [0.25, 0.3) is 0 Å². The first-order valence-electron chi connectivity index (χ1n) is 6.10. The standard InChI is InChI=1S/C14H12F2N2O3S/c1-20-11-8-9(2-4-10(11)21-13(15)16)3-5-12(19)18-14-17-6-7-22-14/h2-8,13H,1H3,(H,17,18,19). The Morgan fingerprint density at radius 2 is 2.23 bits per heavy atom. The minimum atomic E-state index is -2.93. The fourth-order valence-electron chi connectivity index (χ4n) is 1.59. The molecule has 0 radical (unpaired) electrons. The highest BCUT2D eigenvalue weighted by molar-refractivity contribution is 7.13. The summed E-state index contributed by atoms with van der Waals surface area (Å²) in [6, 6.07) is 4.38. The lowest BCUT2D eigenvalue weighted by Gasteiger charge is -2.10. The molecule has 22 heavy (non-hydrogen) atoms. The number of ether oxygens (including phenoxy) is 2. The molecule has 0 saturated heterocycles. The molecule has 0 aliphatic heterocycles. The van der Waals surface area contributed by atoms with Gasteiger partial charge in [-0.3, -0.25) is 10.1 Å². The monoisotopic (exact) mass is 326 g/mol. The summed E-state index contributed by atoms with van der Waals surface area (Å²) in [5.41, 5.74) is 0.604. The molecule has 1 N–H and O–H groups in total. The Kier molecular flexibility index (Phi) is 5.42. The van der Waals surface area contributed by atoms with Gasteiger partial charge in [-0.05, 0) is 23.8 Å². The smallest absolute Gasteiger partial charge is 0.387 e. The minimum Gasteiger partial charge on any atom is -0.493 e. The maximum atomic E-state index is 12.2. The van der Waals surface area contributed by atoms with E-state index in [0.29, 0.717) is 10.7 Å². The maximum Gasteiger partial charge on any atom is 0.387 e. The van der Waals surface area contributed by atoms with E-state index in [0.717, 1.165) is 0 Å². The second-order valence-corrected chi connectivity index (χ2v) is 4.84. The number of alkyl halides is 2. The lowest BCUT2D eigenvalue weighted by molar-refractivity contribution is -0.111. The summed E-state index contributed by atoms with van der Waals surface area (Å²) in [4.78, 5) is 15.6.